The standard InChI is InChI=1S/C15H22BrN3O/c1-19-8-11(16)7-13(19)15(20)18-14-9-3-2-4-10(14)6-12(17)5-9/h7-10,12,14H,2-6,17H2,1H3,(H,18,20). The van der Waals surface area contributed by atoms with Gasteiger partial charge in [0.25, 0.3) is 5.91 Å². The Hall–Kier alpha value is -0.810. The van der Waals surface area contributed by atoms with E-state index in [1.807, 2.05) is 23.9 Å². The zero-order chi connectivity index (χ0) is 14.3. The monoisotopic (exact) mass is 339 g/mol. The number of rotatable bonds is 2. The minimum atomic E-state index is 0.0376. The second-order valence-corrected chi connectivity index (χ2v) is 7.25. The Morgan fingerprint density at radius 3 is 2.60 bits per heavy atom. The first kappa shape index (κ1) is 14.1. The Morgan fingerprint density at radius 2 is 2.05 bits per heavy atom. The lowest BCUT2D eigenvalue weighted by atomic mass is 9.67. The van der Waals surface area contributed by atoms with Gasteiger partial charge in [-0.15, -0.1) is 0 Å². The first-order valence-corrected chi connectivity index (χ1v) is 8.22. The summed E-state index contributed by atoms with van der Waals surface area (Å²) in [5.74, 6) is 1.16. The minimum absolute atomic E-state index is 0.0376. The predicted octanol–water partition coefficient (Wildman–Crippen LogP) is 2.42. The third kappa shape index (κ3) is 2.66. The van der Waals surface area contributed by atoms with Crippen molar-refractivity contribution in [1.82, 2.24) is 9.88 Å². The fourth-order valence-electron chi connectivity index (χ4n) is 4.00. The van der Waals surface area contributed by atoms with Crippen molar-refractivity contribution < 1.29 is 4.79 Å². The van der Waals surface area contributed by atoms with Gasteiger partial charge in [0.2, 0.25) is 0 Å². The summed E-state index contributed by atoms with van der Waals surface area (Å²) in [6.07, 6.45) is 7.70. The first-order valence-electron chi connectivity index (χ1n) is 7.43. The van der Waals surface area contributed by atoms with Crippen LogP contribution in [0.5, 0.6) is 0 Å². The number of nitrogens with zero attached hydrogens (tertiary/aromatic N) is 1. The van der Waals surface area contributed by atoms with Gasteiger partial charge in [0.05, 0.1) is 0 Å². The highest BCUT2D eigenvalue weighted by Crippen LogP contribution is 2.39. The Morgan fingerprint density at radius 1 is 1.40 bits per heavy atom. The minimum Gasteiger partial charge on any atom is -0.347 e. The lowest BCUT2D eigenvalue weighted by molar-refractivity contribution is 0.0749. The normalized spacial score (nSPS) is 33.0. The molecule has 0 spiro atoms. The van der Waals surface area contributed by atoms with Crippen LogP contribution >= 0.6 is 15.9 Å². The van der Waals surface area contributed by atoms with Gasteiger partial charge < -0.3 is 15.6 Å². The molecule has 4 nitrogen and oxygen atoms in total. The van der Waals surface area contributed by atoms with Crippen LogP contribution in [0, 0.1) is 11.8 Å². The lowest BCUT2D eigenvalue weighted by Crippen LogP contribution is -2.53. The molecule has 1 amide bonds. The third-order valence-corrected chi connectivity index (χ3v) is 5.31. The van der Waals surface area contributed by atoms with Gasteiger partial charge >= 0.3 is 0 Å². The number of hydrogen-bond donors (Lipinski definition) is 2. The summed E-state index contributed by atoms with van der Waals surface area (Å²) in [4.78, 5) is 12.5. The van der Waals surface area contributed by atoms with E-state index >= 15 is 0 Å². The number of aryl methyl sites for hydroxylation is 1. The molecule has 1 aromatic rings. The molecule has 2 unspecified atom stereocenters. The van der Waals surface area contributed by atoms with Gasteiger partial charge in [-0.3, -0.25) is 4.79 Å². The molecule has 2 aliphatic rings. The highest BCUT2D eigenvalue weighted by molar-refractivity contribution is 9.10. The van der Waals surface area contributed by atoms with Crippen molar-refractivity contribution in [2.75, 3.05) is 0 Å². The van der Waals surface area contributed by atoms with Crippen LogP contribution in [0.1, 0.15) is 42.6 Å². The quantitative estimate of drug-likeness (QED) is 0.869. The Bertz CT molecular complexity index is 499. The zero-order valence-corrected chi connectivity index (χ0v) is 13.4. The Labute approximate surface area is 128 Å². The van der Waals surface area contributed by atoms with Gasteiger partial charge in [-0.25, -0.2) is 0 Å². The fraction of sp³-hybridized carbons (Fsp3) is 0.667. The Kier molecular flexibility index (Phi) is 3.91. The second-order valence-electron chi connectivity index (χ2n) is 6.34. The maximum absolute atomic E-state index is 12.5. The maximum Gasteiger partial charge on any atom is 0.268 e. The smallest absolute Gasteiger partial charge is 0.268 e. The van der Waals surface area contributed by atoms with E-state index in [4.69, 9.17) is 5.73 Å². The van der Waals surface area contributed by atoms with Gasteiger partial charge in [0, 0.05) is 29.8 Å². The van der Waals surface area contributed by atoms with Crippen LogP contribution in [0.15, 0.2) is 16.7 Å². The van der Waals surface area contributed by atoms with Crippen LogP contribution < -0.4 is 11.1 Å². The largest absolute Gasteiger partial charge is 0.347 e. The van der Waals surface area contributed by atoms with Crippen molar-refractivity contribution in [1.29, 1.82) is 0 Å². The molecule has 2 saturated carbocycles. The summed E-state index contributed by atoms with van der Waals surface area (Å²) in [6, 6.07) is 2.51. The van der Waals surface area contributed by atoms with E-state index < -0.39 is 0 Å². The summed E-state index contributed by atoms with van der Waals surface area (Å²) in [5.41, 5.74) is 6.85. The van der Waals surface area contributed by atoms with Crippen LogP contribution in [0.25, 0.3) is 0 Å². The molecule has 5 heteroatoms. The van der Waals surface area contributed by atoms with E-state index in [9.17, 15) is 4.79 Å². The van der Waals surface area contributed by atoms with Gasteiger partial charge in [0.1, 0.15) is 5.69 Å². The summed E-state index contributed by atoms with van der Waals surface area (Å²) < 4.78 is 2.81. The van der Waals surface area contributed by atoms with Gasteiger partial charge in [0.15, 0.2) is 0 Å². The molecule has 3 N–H and O–H groups in total. The molecule has 0 aromatic carbocycles. The molecule has 2 bridgehead atoms. The number of carbonyl (C=O) groups is 1. The molecule has 3 rings (SSSR count). The number of carbonyl (C=O) groups excluding carboxylic acids is 1. The van der Waals surface area contributed by atoms with Crippen LogP contribution in [0.4, 0.5) is 0 Å². The van der Waals surface area contributed by atoms with E-state index in [0.717, 1.165) is 17.3 Å². The summed E-state index contributed by atoms with van der Waals surface area (Å²) >= 11 is 3.42. The topological polar surface area (TPSA) is 60.0 Å². The molecular weight excluding hydrogens is 318 g/mol. The van der Waals surface area contributed by atoms with E-state index in [1.165, 1.54) is 19.3 Å². The summed E-state index contributed by atoms with van der Waals surface area (Å²) in [6.45, 7) is 0. The number of nitrogens with one attached hydrogen (secondary N) is 1. The predicted molar refractivity (Wildman–Crippen MR) is 82.4 cm³/mol. The van der Waals surface area contributed by atoms with E-state index in [1.54, 1.807) is 0 Å². The maximum atomic E-state index is 12.5. The summed E-state index contributed by atoms with van der Waals surface area (Å²) in [5, 5.41) is 3.28. The van der Waals surface area contributed by atoms with Gasteiger partial charge in [-0.05, 0) is 59.5 Å². The zero-order valence-electron chi connectivity index (χ0n) is 11.8. The molecule has 2 aliphatic carbocycles. The number of fused-ring (bicyclic) bond motifs is 2. The average Bonchev–Trinajstić information content (AvgIpc) is 2.69. The Balaban J connectivity index is 1.74. The molecule has 110 valence electrons. The van der Waals surface area contributed by atoms with Crippen molar-refractivity contribution in [3.8, 4) is 0 Å². The number of nitrogens with two attached hydrogens (primary N) is 1. The van der Waals surface area contributed by atoms with Crippen molar-refractivity contribution in [3.05, 3.63) is 22.4 Å². The number of hydrogen-bond acceptors (Lipinski definition) is 2. The SMILES string of the molecule is Cn1cc(Br)cc1C(=O)NC1C2CCCC1CC(N)C2. The van der Waals surface area contributed by atoms with Crippen molar-refractivity contribution in [3.63, 3.8) is 0 Å². The van der Waals surface area contributed by atoms with Crippen LogP contribution in [-0.2, 0) is 7.05 Å². The fourth-order valence-corrected chi connectivity index (χ4v) is 4.52. The molecule has 2 fully saturated rings. The molecule has 1 aromatic heterocycles. The van der Waals surface area contributed by atoms with Gasteiger partial charge in [-0.2, -0.15) is 0 Å². The van der Waals surface area contributed by atoms with E-state index in [-0.39, 0.29) is 5.91 Å². The number of halogens is 1. The molecular formula is C15H22BrN3O. The molecule has 20 heavy (non-hydrogen) atoms. The van der Waals surface area contributed by atoms with E-state index in [0.29, 0.717) is 29.6 Å². The van der Waals surface area contributed by atoms with Crippen LogP contribution in [0.2, 0.25) is 0 Å². The summed E-state index contributed by atoms with van der Waals surface area (Å²) in [7, 11) is 1.90. The van der Waals surface area contributed by atoms with Crippen LogP contribution in [0.3, 0.4) is 0 Å². The van der Waals surface area contributed by atoms with Crippen molar-refractivity contribution in [2.24, 2.45) is 24.6 Å². The second kappa shape index (κ2) is 5.53. The third-order valence-electron chi connectivity index (χ3n) is 4.88. The first-order chi connectivity index (χ1) is 9.54. The van der Waals surface area contributed by atoms with Crippen molar-refractivity contribution >= 4 is 21.8 Å². The lowest BCUT2D eigenvalue weighted by Gasteiger charge is -2.45. The van der Waals surface area contributed by atoms with E-state index in [2.05, 4.69) is 21.2 Å². The molecule has 0 aliphatic heterocycles. The van der Waals surface area contributed by atoms with Gasteiger partial charge in [-0.1, -0.05) is 6.42 Å². The average molecular weight is 340 g/mol. The number of amides is 1. The van der Waals surface area contributed by atoms with Crippen molar-refractivity contribution in [2.45, 2.75) is 44.2 Å². The molecule has 0 radical (unpaired) electrons. The van der Waals surface area contributed by atoms with Crippen LogP contribution in [-0.4, -0.2) is 22.6 Å². The highest BCUT2D eigenvalue weighted by Gasteiger charge is 2.40. The molecule has 0 saturated heterocycles. The molecule has 1 heterocycles. The number of aromatic nitrogens is 1. The molecule has 2 atom stereocenters. The highest BCUT2D eigenvalue weighted by atomic mass is 79.9.